The molecule has 5 nitrogen and oxygen atoms in total. The molecule has 4 rings (SSSR count). The fourth-order valence-corrected chi connectivity index (χ4v) is 5.37. The van der Waals surface area contributed by atoms with Crippen LogP contribution in [0.25, 0.3) is 0 Å². The van der Waals surface area contributed by atoms with E-state index in [1.807, 2.05) is 0 Å². The molecule has 0 aromatic carbocycles. The van der Waals surface area contributed by atoms with E-state index in [1.54, 1.807) is 0 Å². The Bertz CT molecular complexity index is 400. The first-order chi connectivity index (χ1) is 6.88. The van der Waals surface area contributed by atoms with Crippen molar-refractivity contribution in [2.45, 2.75) is 16.8 Å². The average Bonchev–Trinajstić information content (AvgIpc) is 2.52. The normalized spacial score (nSPS) is 59.3. The summed E-state index contributed by atoms with van der Waals surface area (Å²) >= 11 is 3.39. The van der Waals surface area contributed by atoms with Gasteiger partial charge in [0.15, 0.2) is 0 Å². The number of carboxylic acid groups (broad SMARTS) is 2. The fourth-order valence-electron chi connectivity index (χ4n) is 3.97. The van der Waals surface area contributed by atoms with Gasteiger partial charge in [-0.3, -0.25) is 9.59 Å². The first kappa shape index (κ1) is 9.59. The summed E-state index contributed by atoms with van der Waals surface area (Å²) in [5.41, 5.74) is 3.70. The van der Waals surface area contributed by atoms with E-state index in [1.165, 1.54) is 0 Å². The predicted octanol–water partition coefficient (Wildman–Crippen LogP) is -0.117. The fraction of sp³-hybridized carbons (Fsp3) is 0.778. The molecule has 0 heterocycles. The maximum atomic E-state index is 11.2. The summed E-state index contributed by atoms with van der Waals surface area (Å²) in [5, 5.41) is 18.3. The largest absolute Gasteiger partial charge is 0.481 e. The van der Waals surface area contributed by atoms with Crippen molar-refractivity contribution >= 4 is 27.9 Å². The second-order valence-electron chi connectivity index (χ2n) is 4.84. The maximum Gasteiger partial charge on any atom is 0.324 e. The number of carbonyl (C=O) groups is 2. The summed E-state index contributed by atoms with van der Waals surface area (Å²) in [5.74, 6) is -2.69. The molecule has 4 aliphatic rings. The Kier molecular flexibility index (Phi) is 1.42. The van der Waals surface area contributed by atoms with E-state index >= 15 is 0 Å². The van der Waals surface area contributed by atoms with Crippen molar-refractivity contribution in [3.63, 3.8) is 0 Å². The quantitative estimate of drug-likeness (QED) is 0.610. The van der Waals surface area contributed by atoms with E-state index in [-0.39, 0.29) is 16.7 Å². The highest BCUT2D eigenvalue weighted by Gasteiger charge is 2.91. The van der Waals surface area contributed by atoms with Gasteiger partial charge in [0.05, 0.1) is 5.41 Å². The van der Waals surface area contributed by atoms with Crippen LogP contribution in [0.15, 0.2) is 0 Å². The Morgan fingerprint density at radius 2 is 1.93 bits per heavy atom. The molecule has 0 radical (unpaired) electrons. The third kappa shape index (κ3) is 0.683. The summed E-state index contributed by atoms with van der Waals surface area (Å²) in [4.78, 5) is 22.3. The van der Waals surface area contributed by atoms with E-state index in [2.05, 4.69) is 15.9 Å². The average molecular weight is 276 g/mol. The molecule has 4 saturated carbocycles. The van der Waals surface area contributed by atoms with Crippen molar-refractivity contribution in [2.24, 2.45) is 28.9 Å². The summed E-state index contributed by atoms with van der Waals surface area (Å²) in [6.07, 6.45) is 0.399. The highest BCUT2D eigenvalue weighted by atomic mass is 79.9. The highest BCUT2D eigenvalue weighted by molar-refractivity contribution is 9.09. The van der Waals surface area contributed by atoms with Crippen LogP contribution in [-0.2, 0) is 9.59 Å². The molecule has 15 heavy (non-hydrogen) atoms. The Labute approximate surface area is 93.8 Å². The van der Waals surface area contributed by atoms with E-state index in [9.17, 15) is 14.7 Å². The SMILES string of the molecule is N[C@@]1(C(=O)O)C2CC3(C(=O)O)C(C2Br)C31. The maximum absolute atomic E-state index is 11.2. The second kappa shape index (κ2) is 2.22. The number of hydrogen-bond acceptors (Lipinski definition) is 3. The van der Waals surface area contributed by atoms with Crippen LogP contribution in [0.3, 0.4) is 0 Å². The monoisotopic (exact) mass is 275 g/mol. The minimum Gasteiger partial charge on any atom is -0.481 e. The third-order valence-electron chi connectivity index (χ3n) is 4.58. The van der Waals surface area contributed by atoms with Crippen LogP contribution in [0.2, 0.25) is 0 Å². The lowest BCUT2D eigenvalue weighted by Crippen LogP contribution is -2.52. The molecule has 4 fully saturated rings. The Hall–Kier alpha value is -0.620. The molecule has 5 unspecified atom stereocenters. The Balaban J connectivity index is 2.10. The Morgan fingerprint density at radius 1 is 1.33 bits per heavy atom. The molecular weight excluding hydrogens is 266 g/mol. The van der Waals surface area contributed by atoms with Gasteiger partial charge in [0, 0.05) is 16.7 Å². The molecule has 6 heteroatoms. The van der Waals surface area contributed by atoms with E-state index in [0.717, 1.165) is 0 Å². The number of aliphatic carboxylic acids is 2. The van der Waals surface area contributed by atoms with Gasteiger partial charge in [-0.1, -0.05) is 15.9 Å². The van der Waals surface area contributed by atoms with Gasteiger partial charge in [0.1, 0.15) is 5.54 Å². The zero-order valence-corrected chi connectivity index (χ0v) is 9.27. The van der Waals surface area contributed by atoms with Gasteiger partial charge in [-0.2, -0.15) is 0 Å². The number of rotatable bonds is 2. The number of nitrogens with two attached hydrogens (primary N) is 1. The van der Waals surface area contributed by atoms with Crippen molar-refractivity contribution in [3.05, 3.63) is 0 Å². The lowest BCUT2D eigenvalue weighted by atomic mass is 9.90. The Morgan fingerprint density at radius 3 is 2.20 bits per heavy atom. The van der Waals surface area contributed by atoms with Gasteiger partial charge < -0.3 is 15.9 Å². The minimum atomic E-state index is -1.34. The van der Waals surface area contributed by atoms with Crippen molar-refractivity contribution in [2.75, 3.05) is 0 Å². The summed E-state index contributed by atoms with van der Waals surface area (Å²) in [6.45, 7) is 0. The molecule has 4 aliphatic carbocycles. The molecule has 4 N–H and O–H groups in total. The molecule has 0 saturated heterocycles. The number of halogens is 1. The van der Waals surface area contributed by atoms with Crippen LogP contribution in [0, 0.1) is 23.2 Å². The topological polar surface area (TPSA) is 101 Å². The first-order valence-corrected chi connectivity index (χ1v) is 5.69. The number of alkyl halides is 1. The van der Waals surface area contributed by atoms with Crippen molar-refractivity contribution in [1.29, 1.82) is 0 Å². The molecule has 82 valence electrons. The summed E-state index contributed by atoms with van der Waals surface area (Å²) in [7, 11) is 0. The second-order valence-corrected chi connectivity index (χ2v) is 5.90. The third-order valence-corrected chi connectivity index (χ3v) is 5.79. The molecule has 6 atom stereocenters. The van der Waals surface area contributed by atoms with Gasteiger partial charge >= 0.3 is 11.9 Å². The molecule has 0 amide bonds. The summed E-state index contributed by atoms with van der Waals surface area (Å²) in [6, 6.07) is 0. The molecule has 4 bridgehead atoms. The lowest BCUT2D eigenvalue weighted by Gasteiger charge is -2.24. The van der Waals surface area contributed by atoms with Gasteiger partial charge in [0.25, 0.3) is 0 Å². The highest BCUT2D eigenvalue weighted by Crippen LogP contribution is 2.83. The van der Waals surface area contributed by atoms with Crippen LogP contribution >= 0.6 is 15.9 Å². The molecule has 0 aliphatic heterocycles. The molecular formula is C9H10BrNO4. The number of hydrogen-bond donors (Lipinski definition) is 3. The van der Waals surface area contributed by atoms with E-state index in [0.29, 0.717) is 6.42 Å². The van der Waals surface area contributed by atoms with E-state index < -0.39 is 28.8 Å². The predicted molar refractivity (Wildman–Crippen MR) is 52.4 cm³/mol. The minimum absolute atomic E-state index is 0.0558. The van der Waals surface area contributed by atoms with Crippen LogP contribution < -0.4 is 5.73 Å². The standard InChI is InChI=1S/C9H10BrNO4/c10-4-2-1-8(6(12)13)3(4)5(8)9(2,11)7(14)15/h2-5H,1,11H2,(H,12,13)(H,14,15)/t2?,3?,4?,5?,8?,9-/m0/s1. The van der Waals surface area contributed by atoms with Crippen LogP contribution in [0.4, 0.5) is 0 Å². The van der Waals surface area contributed by atoms with Crippen LogP contribution in [-0.4, -0.2) is 32.5 Å². The zero-order chi connectivity index (χ0) is 11.2. The van der Waals surface area contributed by atoms with Crippen molar-refractivity contribution in [3.8, 4) is 0 Å². The molecule has 0 spiro atoms. The van der Waals surface area contributed by atoms with Crippen molar-refractivity contribution in [1.82, 2.24) is 0 Å². The zero-order valence-electron chi connectivity index (χ0n) is 7.68. The molecule has 0 aromatic heterocycles. The van der Waals surface area contributed by atoms with Gasteiger partial charge in [0.2, 0.25) is 0 Å². The van der Waals surface area contributed by atoms with Crippen LogP contribution in [0.5, 0.6) is 0 Å². The van der Waals surface area contributed by atoms with Crippen molar-refractivity contribution < 1.29 is 19.8 Å². The van der Waals surface area contributed by atoms with Gasteiger partial charge in [-0.15, -0.1) is 0 Å². The van der Waals surface area contributed by atoms with E-state index in [4.69, 9.17) is 10.8 Å². The molecule has 0 aromatic rings. The van der Waals surface area contributed by atoms with Gasteiger partial charge in [-0.25, -0.2) is 0 Å². The lowest BCUT2D eigenvalue weighted by molar-refractivity contribution is -0.145. The first-order valence-electron chi connectivity index (χ1n) is 4.78. The van der Waals surface area contributed by atoms with Crippen LogP contribution in [0.1, 0.15) is 6.42 Å². The number of carboxylic acids is 2. The van der Waals surface area contributed by atoms with Gasteiger partial charge in [-0.05, 0) is 12.3 Å². The smallest absolute Gasteiger partial charge is 0.324 e. The summed E-state index contributed by atoms with van der Waals surface area (Å²) < 4.78 is 0.